The van der Waals surface area contributed by atoms with Crippen molar-refractivity contribution in [1.29, 1.82) is 0 Å². The van der Waals surface area contributed by atoms with Gasteiger partial charge in [-0.05, 0) is 30.5 Å². The van der Waals surface area contributed by atoms with Gasteiger partial charge in [0.2, 0.25) is 0 Å². The molecule has 0 fully saturated rings. The summed E-state index contributed by atoms with van der Waals surface area (Å²) in [5, 5.41) is 9.06. The van der Waals surface area contributed by atoms with Gasteiger partial charge in [-0.15, -0.1) is 0 Å². The maximum atomic E-state index is 11.0. The number of aromatic nitrogens is 2. The Kier molecular flexibility index (Phi) is 9.81. The number of benzene rings is 1. The molecule has 28 heavy (non-hydrogen) atoms. The SMILES string of the molecule is CCCCCCCCCCc1n(CCC)cc[n+]1Cc1ccc(C(=O)O)cc1. The van der Waals surface area contributed by atoms with Crippen LogP contribution in [0.25, 0.3) is 0 Å². The van der Waals surface area contributed by atoms with Crippen LogP contribution >= 0.6 is 0 Å². The van der Waals surface area contributed by atoms with Crippen molar-refractivity contribution in [3.63, 3.8) is 0 Å². The molecule has 0 amide bonds. The molecule has 0 aliphatic rings. The highest BCUT2D eigenvalue weighted by Gasteiger charge is 2.16. The third kappa shape index (κ3) is 7.14. The zero-order chi connectivity index (χ0) is 20.2. The van der Waals surface area contributed by atoms with Crippen LogP contribution in [0, 0.1) is 0 Å². The molecule has 0 saturated carbocycles. The van der Waals surface area contributed by atoms with E-state index in [-0.39, 0.29) is 0 Å². The van der Waals surface area contributed by atoms with E-state index in [1.54, 1.807) is 12.1 Å². The first-order valence-corrected chi connectivity index (χ1v) is 11.0. The standard InChI is InChI=1S/C24H36N2O2/c1-3-5-6-7-8-9-10-11-12-23-25(17-4-2)18-19-26(23)20-21-13-15-22(16-14-21)24(27)28/h13-16,18-19H,3-12,17,20H2,1-2H3/p+1. The van der Waals surface area contributed by atoms with E-state index in [0.29, 0.717) is 5.56 Å². The molecule has 0 radical (unpaired) electrons. The third-order valence-electron chi connectivity index (χ3n) is 5.36. The number of nitrogens with zero attached hydrogens (tertiary/aromatic N) is 2. The quantitative estimate of drug-likeness (QED) is 0.339. The molecule has 4 nitrogen and oxygen atoms in total. The van der Waals surface area contributed by atoms with Crippen LogP contribution in [0.1, 0.15) is 93.4 Å². The fourth-order valence-corrected chi connectivity index (χ4v) is 3.74. The topological polar surface area (TPSA) is 46.1 Å². The van der Waals surface area contributed by atoms with E-state index >= 15 is 0 Å². The lowest BCUT2D eigenvalue weighted by molar-refractivity contribution is -0.695. The Hall–Kier alpha value is -2.10. The summed E-state index contributed by atoms with van der Waals surface area (Å²) in [4.78, 5) is 11.0. The number of hydrogen-bond acceptors (Lipinski definition) is 1. The second-order valence-corrected chi connectivity index (χ2v) is 7.76. The first-order chi connectivity index (χ1) is 13.7. The molecule has 2 rings (SSSR count). The van der Waals surface area contributed by atoms with Gasteiger partial charge in [-0.3, -0.25) is 0 Å². The highest BCUT2D eigenvalue weighted by atomic mass is 16.4. The van der Waals surface area contributed by atoms with Crippen molar-refractivity contribution in [1.82, 2.24) is 4.57 Å². The van der Waals surface area contributed by atoms with Crippen molar-refractivity contribution in [2.45, 2.75) is 91.1 Å². The summed E-state index contributed by atoms with van der Waals surface area (Å²) < 4.78 is 4.71. The van der Waals surface area contributed by atoms with Crippen molar-refractivity contribution in [2.24, 2.45) is 0 Å². The van der Waals surface area contributed by atoms with E-state index in [0.717, 1.165) is 31.5 Å². The van der Waals surface area contributed by atoms with Crippen LogP contribution in [0.5, 0.6) is 0 Å². The lowest BCUT2D eigenvalue weighted by atomic mass is 10.1. The van der Waals surface area contributed by atoms with Crippen LogP contribution in [0.3, 0.4) is 0 Å². The second kappa shape index (κ2) is 12.4. The highest BCUT2D eigenvalue weighted by Crippen LogP contribution is 2.12. The lowest BCUT2D eigenvalue weighted by Gasteiger charge is -2.06. The monoisotopic (exact) mass is 385 g/mol. The van der Waals surface area contributed by atoms with Crippen LogP contribution in [0.2, 0.25) is 0 Å². The van der Waals surface area contributed by atoms with Gasteiger partial charge in [-0.2, -0.15) is 0 Å². The zero-order valence-electron chi connectivity index (χ0n) is 17.7. The molecular formula is C24H37N2O2+. The smallest absolute Gasteiger partial charge is 0.335 e. The minimum absolute atomic E-state index is 0.344. The molecule has 0 aliphatic heterocycles. The number of carboxylic acid groups (broad SMARTS) is 1. The Morgan fingerprint density at radius 3 is 2.18 bits per heavy atom. The Morgan fingerprint density at radius 2 is 1.57 bits per heavy atom. The van der Waals surface area contributed by atoms with Gasteiger partial charge in [0.25, 0.3) is 5.82 Å². The van der Waals surface area contributed by atoms with Gasteiger partial charge in [0.1, 0.15) is 18.9 Å². The Morgan fingerprint density at radius 1 is 0.929 bits per heavy atom. The largest absolute Gasteiger partial charge is 0.478 e. The molecule has 154 valence electrons. The van der Waals surface area contributed by atoms with Crippen molar-refractivity contribution in [2.75, 3.05) is 0 Å². The molecule has 1 aromatic carbocycles. The van der Waals surface area contributed by atoms with Crippen molar-refractivity contribution < 1.29 is 14.5 Å². The zero-order valence-corrected chi connectivity index (χ0v) is 17.7. The van der Waals surface area contributed by atoms with Crippen LogP contribution in [0.15, 0.2) is 36.7 Å². The van der Waals surface area contributed by atoms with Crippen molar-refractivity contribution >= 4 is 5.97 Å². The Labute approximate surface area is 170 Å². The maximum absolute atomic E-state index is 11.0. The van der Waals surface area contributed by atoms with E-state index in [2.05, 4.69) is 35.4 Å². The van der Waals surface area contributed by atoms with Crippen LogP contribution in [-0.4, -0.2) is 15.6 Å². The highest BCUT2D eigenvalue weighted by molar-refractivity contribution is 5.87. The number of imidazole rings is 1. The van der Waals surface area contributed by atoms with Gasteiger partial charge >= 0.3 is 5.97 Å². The summed E-state index contributed by atoms with van der Waals surface area (Å²) in [5.41, 5.74) is 1.48. The first kappa shape index (κ1) is 22.2. The minimum Gasteiger partial charge on any atom is -0.478 e. The normalized spacial score (nSPS) is 11.1. The molecule has 0 unspecified atom stereocenters. The van der Waals surface area contributed by atoms with E-state index in [1.165, 1.54) is 57.2 Å². The predicted octanol–water partition coefficient (Wildman–Crippen LogP) is 5.62. The van der Waals surface area contributed by atoms with Gasteiger partial charge in [0.05, 0.1) is 12.1 Å². The fraction of sp³-hybridized carbons (Fsp3) is 0.583. The fourth-order valence-electron chi connectivity index (χ4n) is 3.74. The van der Waals surface area contributed by atoms with E-state index in [1.807, 2.05) is 12.1 Å². The molecule has 0 bridgehead atoms. The third-order valence-corrected chi connectivity index (χ3v) is 5.36. The summed E-state index contributed by atoms with van der Waals surface area (Å²) in [5.74, 6) is 0.513. The van der Waals surface area contributed by atoms with Crippen LogP contribution in [0.4, 0.5) is 0 Å². The lowest BCUT2D eigenvalue weighted by Crippen LogP contribution is -2.38. The molecule has 0 saturated heterocycles. The van der Waals surface area contributed by atoms with E-state index in [4.69, 9.17) is 5.11 Å². The molecule has 4 heteroatoms. The Bertz CT molecular complexity index is 704. The molecule has 0 spiro atoms. The van der Waals surface area contributed by atoms with Gasteiger partial charge < -0.3 is 5.11 Å². The predicted molar refractivity (Wildman–Crippen MR) is 114 cm³/mol. The summed E-state index contributed by atoms with van der Waals surface area (Å²) in [6, 6.07) is 7.24. The molecule has 0 aliphatic carbocycles. The van der Waals surface area contributed by atoms with Gasteiger partial charge in [0.15, 0.2) is 0 Å². The number of rotatable bonds is 14. The average Bonchev–Trinajstić information content (AvgIpc) is 3.06. The Balaban J connectivity index is 1.91. The maximum Gasteiger partial charge on any atom is 0.335 e. The second-order valence-electron chi connectivity index (χ2n) is 7.76. The summed E-state index contributed by atoms with van der Waals surface area (Å²) in [6.07, 6.45) is 17.3. The van der Waals surface area contributed by atoms with Gasteiger partial charge in [-0.1, -0.05) is 70.9 Å². The van der Waals surface area contributed by atoms with E-state index < -0.39 is 5.97 Å². The van der Waals surface area contributed by atoms with Crippen molar-refractivity contribution in [3.05, 3.63) is 53.6 Å². The summed E-state index contributed by atoms with van der Waals surface area (Å²) in [7, 11) is 0. The molecule has 1 heterocycles. The summed E-state index contributed by atoms with van der Waals surface area (Å²) >= 11 is 0. The molecule has 2 aromatic rings. The number of carboxylic acids is 1. The number of hydrogen-bond donors (Lipinski definition) is 1. The van der Waals surface area contributed by atoms with Crippen molar-refractivity contribution in [3.8, 4) is 0 Å². The van der Waals surface area contributed by atoms with Gasteiger partial charge in [-0.25, -0.2) is 13.9 Å². The summed E-state index contributed by atoms with van der Waals surface area (Å²) in [6.45, 7) is 6.33. The molecular weight excluding hydrogens is 348 g/mol. The van der Waals surface area contributed by atoms with E-state index in [9.17, 15) is 4.79 Å². The average molecular weight is 386 g/mol. The number of unbranched alkanes of at least 4 members (excludes halogenated alkanes) is 7. The molecule has 1 aromatic heterocycles. The first-order valence-electron chi connectivity index (χ1n) is 11.0. The minimum atomic E-state index is -0.872. The van der Waals surface area contributed by atoms with Gasteiger partial charge in [0, 0.05) is 6.42 Å². The number of aryl methyl sites for hydroxylation is 1. The van der Waals surface area contributed by atoms with Crippen LogP contribution in [-0.2, 0) is 19.5 Å². The number of carbonyl (C=O) groups is 1. The number of aromatic carboxylic acids is 1. The molecule has 0 atom stereocenters. The van der Waals surface area contributed by atoms with Crippen LogP contribution < -0.4 is 4.57 Å². The molecule has 1 N–H and O–H groups in total.